The maximum absolute atomic E-state index is 14.9. The molecule has 0 aliphatic carbocycles. The highest BCUT2D eigenvalue weighted by molar-refractivity contribution is 7.98. The second kappa shape index (κ2) is 39.6. The molecule has 0 unspecified atom stereocenters. The fourth-order valence-corrected chi connectivity index (χ4v) is 11.5. The summed E-state index contributed by atoms with van der Waals surface area (Å²) in [6, 6.07) is 3.04. The number of carbonyl (C=O) groups excluding carboxylic acids is 11. The number of amides is 11. The number of carboxylic acid groups (broad SMARTS) is 2. The number of likely N-dealkylation sites (tertiary alicyclic amines) is 2. The molecule has 11 amide bonds. The molecule has 2 saturated heterocycles. The molecule has 2 aliphatic rings. The molecule has 4 rings (SSSR count). The number of carbonyl (C=O) groups is 13. The van der Waals surface area contributed by atoms with Crippen molar-refractivity contribution in [3.63, 3.8) is 0 Å². The van der Waals surface area contributed by atoms with E-state index in [0.29, 0.717) is 49.1 Å². The Morgan fingerprint density at radius 2 is 1.13 bits per heavy atom. The zero-order valence-corrected chi connectivity index (χ0v) is 54.6. The van der Waals surface area contributed by atoms with Crippen molar-refractivity contribution < 1.29 is 72.5 Å². The SMILES string of the molecule is CSCC[C@H](NC(=O)[C@H](CC(C)C)NC(=O)CNC(=O)[C@H](Cc1ccccc1)N(C)C(=O)[C@H](Cc1ccccc1)NC(=O)[C@H](CC(=O)O)NC(=O)[C@H](CC(=O)O)NC(=O)[C@@H]1CCCN1C(=O)[C@H](CCCN=C(N)N)NC(=O)[C@@H]1CCCN1C(=O)[C@@H](N)CCCCN)C(N)=O. The molecule has 518 valence electrons. The van der Waals surface area contributed by atoms with Crippen LogP contribution in [0.4, 0.5) is 0 Å². The first-order valence-corrected chi connectivity index (χ1v) is 32.8. The molecular weight excluding hydrogens is 1240 g/mol. The van der Waals surface area contributed by atoms with Crippen molar-refractivity contribution in [2.75, 3.05) is 51.8 Å². The normalized spacial score (nSPS) is 16.9. The Balaban J connectivity index is 1.58. The van der Waals surface area contributed by atoms with E-state index in [1.807, 2.05) is 20.1 Å². The summed E-state index contributed by atoms with van der Waals surface area (Å²) in [6.45, 7) is 3.64. The molecular formula is C62H94N16O15S. The fourth-order valence-electron chi connectivity index (χ4n) is 11.0. The molecule has 2 heterocycles. The van der Waals surface area contributed by atoms with Crippen molar-refractivity contribution >= 4 is 94.6 Å². The van der Waals surface area contributed by atoms with Gasteiger partial charge in [-0.3, -0.25) is 67.3 Å². The number of thioether (sulfide) groups is 1. The van der Waals surface area contributed by atoms with Gasteiger partial charge in [0.25, 0.3) is 0 Å². The number of likely N-dealkylation sites (N-methyl/N-ethyl adjacent to an activating group) is 1. The molecule has 94 heavy (non-hydrogen) atoms. The van der Waals surface area contributed by atoms with Crippen LogP contribution in [-0.4, -0.2) is 220 Å². The van der Waals surface area contributed by atoms with Crippen LogP contribution in [0.15, 0.2) is 65.7 Å². The summed E-state index contributed by atoms with van der Waals surface area (Å²) in [4.78, 5) is 186. The van der Waals surface area contributed by atoms with Crippen molar-refractivity contribution in [1.29, 1.82) is 0 Å². The van der Waals surface area contributed by atoms with Gasteiger partial charge in [-0.15, -0.1) is 0 Å². The second-order valence-corrected chi connectivity index (χ2v) is 24.7. The summed E-state index contributed by atoms with van der Waals surface area (Å²) in [5.74, 6) is -12.4. The number of nitrogens with zero attached hydrogens (tertiary/aromatic N) is 4. The molecule has 0 radical (unpaired) electrons. The van der Waals surface area contributed by atoms with E-state index in [1.165, 1.54) is 28.6 Å². The highest BCUT2D eigenvalue weighted by Gasteiger charge is 2.43. The van der Waals surface area contributed by atoms with E-state index in [1.54, 1.807) is 60.7 Å². The summed E-state index contributed by atoms with van der Waals surface area (Å²) in [6.07, 6.45) is 2.31. The van der Waals surface area contributed by atoms with E-state index in [-0.39, 0.29) is 89.3 Å². The predicted molar refractivity (Wildman–Crippen MR) is 348 cm³/mol. The Kier molecular flexibility index (Phi) is 32.7. The van der Waals surface area contributed by atoms with Gasteiger partial charge in [0.05, 0.1) is 25.4 Å². The van der Waals surface area contributed by atoms with Crippen molar-refractivity contribution in [2.45, 2.75) is 171 Å². The quantitative estimate of drug-likeness (QED) is 0.0180. The number of hydrogen-bond donors (Lipinski definition) is 14. The first-order chi connectivity index (χ1) is 44.6. The lowest BCUT2D eigenvalue weighted by atomic mass is 10.0. The summed E-state index contributed by atoms with van der Waals surface area (Å²) in [7, 11) is 1.27. The minimum Gasteiger partial charge on any atom is -0.481 e. The minimum atomic E-state index is -2.04. The van der Waals surface area contributed by atoms with Gasteiger partial charge in [0.2, 0.25) is 65.0 Å². The van der Waals surface area contributed by atoms with E-state index in [2.05, 4.69) is 42.2 Å². The summed E-state index contributed by atoms with van der Waals surface area (Å²) < 4.78 is 0. The van der Waals surface area contributed by atoms with Crippen LogP contribution in [0.1, 0.15) is 108 Å². The van der Waals surface area contributed by atoms with Crippen molar-refractivity contribution in [2.24, 2.45) is 39.6 Å². The zero-order valence-electron chi connectivity index (χ0n) is 53.8. The Labute approximate surface area is 550 Å². The molecule has 2 aromatic rings. The minimum absolute atomic E-state index is 0.0119. The number of unbranched alkanes of at least 4 members (excludes halogenated alkanes) is 1. The maximum Gasteiger partial charge on any atom is 0.305 e. The molecule has 31 nitrogen and oxygen atoms in total. The van der Waals surface area contributed by atoms with Crippen LogP contribution in [0.2, 0.25) is 0 Å². The van der Waals surface area contributed by atoms with Crippen LogP contribution in [0.5, 0.6) is 0 Å². The van der Waals surface area contributed by atoms with Crippen molar-refractivity contribution in [3.05, 3.63) is 71.8 Å². The molecule has 32 heteroatoms. The number of aliphatic imine (C=N–C) groups is 1. The molecule has 0 saturated carbocycles. The highest BCUT2D eigenvalue weighted by Crippen LogP contribution is 2.24. The van der Waals surface area contributed by atoms with Crippen LogP contribution >= 0.6 is 11.8 Å². The maximum atomic E-state index is 14.9. The summed E-state index contributed by atoms with van der Waals surface area (Å²) >= 11 is 1.44. The van der Waals surface area contributed by atoms with Crippen LogP contribution < -0.4 is 65.9 Å². The summed E-state index contributed by atoms with van der Waals surface area (Å²) in [5.41, 5.74) is 29.5. The predicted octanol–water partition coefficient (Wildman–Crippen LogP) is -2.95. The third-order valence-corrected chi connectivity index (χ3v) is 16.5. The molecule has 19 N–H and O–H groups in total. The highest BCUT2D eigenvalue weighted by atomic mass is 32.2. The number of hydrogen-bond acceptors (Lipinski definition) is 17. The van der Waals surface area contributed by atoms with Gasteiger partial charge in [0.15, 0.2) is 5.96 Å². The molecule has 0 spiro atoms. The largest absolute Gasteiger partial charge is 0.481 e. The lowest BCUT2D eigenvalue weighted by Crippen LogP contribution is -2.61. The topological polar surface area (TPSA) is 499 Å². The van der Waals surface area contributed by atoms with Crippen LogP contribution in [0, 0.1) is 5.92 Å². The lowest BCUT2D eigenvalue weighted by molar-refractivity contribution is -0.145. The van der Waals surface area contributed by atoms with Crippen LogP contribution in [0.25, 0.3) is 0 Å². The van der Waals surface area contributed by atoms with Gasteiger partial charge in [-0.1, -0.05) is 80.9 Å². The van der Waals surface area contributed by atoms with E-state index >= 15 is 0 Å². The van der Waals surface area contributed by atoms with Gasteiger partial charge in [-0.25, -0.2) is 0 Å². The monoisotopic (exact) mass is 1330 g/mol. The molecule has 0 bridgehead atoms. The van der Waals surface area contributed by atoms with Gasteiger partial charge in [0.1, 0.15) is 54.4 Å². The van der Waals surface area contributed by atoms with Crippen LogP contribution in [-0.2, 0) is 75.2 Å². The smallest absolute Gasteiger partial charge is 0.305 e. The molecule has 0 aromatic heterocycles. The van der Waals surface area contributed by atoms with Crippen LogP contribution in [0.3, 0.4) is 0 Å². The molecule has 10 atom stereocenters. The Morgan fingerprint density at radius 3 is 1.65 bits per heavy atom. The fraction of sp³-hybridized carbons (Fsp3) is 0.581. The number of carboxylic acids is 2. The van der Waals surface area contributed by atoms with E-state index < -0.39 is 157 Å². The van der Waals surface area contributed by atoms with E-state index in [0.717, 1.165) is 4.90 Å². The van der Waals surface area contributed by atoms with Crippen molar-refractivity contribution in [1.82, 2.24) is 51.9 Å². The number of nitrogens with two attached hydrogens (primary N) is 5. The van der Waals surface area contributed by atoms with E-state index in [4.69, 9.17) is 28.7 Å². The average Bonchev–Trinajstić information content (AvgIpc) is 1.54. The number of benzene rings is 2. The number of primary amides is 1. The molecule has 2 aliphatic heterocycles. The third-order valence-electron chi connectivity index (χ3n) is 15.9. The van der Waals surface area contributed by atoms with Gasteiger partial charge in [-0.05, 0) is 99.8 Å². The number of guanidine groups is 1. The Hall–Kier alpha value is -8.91. The van der Waals surface area contributed by atoms with Gasteiger partial charge >= 0.3 is 11.9 Å². The second-order valence-electron chi connectivity index (χ2n) is 23.7. The van der Waals surface area contributed by atoms with Gasteiger partial charge < -0.3 is 90.8 Å². The third kappa shape index (κ3) is 25.5. The van der Waals surface area contributed by atoms with Gasteiger partial charge in [-0.2, -0.15) is 11.8 Å². The number of aliphatic carboxylic acids is 2. The van der Waals surface area contributed by atoms with Crippen molar-refractivity contribution in [3.8, 4) is 0 Å². The summed E-state index contributed by atoms with van der Waals surface area (Å²) in [5, 5.41) is 37.7. The number of rotatable bonds is 40. The Morgan fingerprint density at radius 1 is 0.617 bits per heavy atom. The Bertz CT molecular complexity index is 2960. The molecule has 2 aromatic carbocycles. The lowest BCUT2D eigenvalue weighted by Gasteiger charge is -2.32. The first kappa shape index (κ1) is 77.5. The standard InChI is InChI=1S/C62H94N16O15S/c1-36(2)30-42(53(85)71-40(52(65)84)24-29-94-4)70-49(79)35-69-56(88)48(32-38-18-9-6-10-19-38)76(3)60(92)45(31-37-16-7-5-8-17-37)75-55(87)43(33-50(80)81)73-54(86)44(34-51(82)83)74-58(90)47-23-15-28-78(47)61(93)41(21-13-26-68-62(66)67)72-57(89)46-22-14-27-77(46)59(91)39(64)20-11-12-25-63/h5-10,16-19,36,39-48H,11-15,20-35,63-64H2,1-4H3,(H2,65,84)(H,69,88)(H,70,79)(H,71,85)(H,72,89)(H,73,86)(H,74,90)(H,75,87)(H,80,81)(H,82,83)(H4,66,67,68)/t39-,40-,41-,42-,43-,44-,45-,46-,47-,48-/m0/s1. The van der Waals surface area contributed by atoms with Gasteiger partial charge in [0, 0.05) is 39.5 Å². The zero-order chi connectivity index (χ0) is 69.6. The van der Waals surface area contributed by atoms with E-state index in [9.17, 15) is 72.5 Å². The number of nitrogens with one attached hydrogen (secondary N) is 7. The molecule has 2 fully saturated rings. The first-order valence-electron chi connectivity index (χ1n) is 31.4. The average molecular weight is 1340 g/mol.